The fourth-order valence-corrected chi connectivity index (χ4v) is 3.07. The van der Waals surface area contributed by atoms with E-state index in [1.165, 1.54) is 49.0 Å². The molecule has 1 aliphatic rings. The molecule has 0 atom stereocenters. The fourth-order valence-electron chi connectivity index (χ4n) is 3.07. The summed E-state index contributed by atoms with van der Waals surface area (Å²) in [6.07, 6.45) is 7.78. The minimum atomic E-state index is 0.655. The summed E-state index contributed by atoms with van der Waals surface area (Å²) < 4.78 is 0. The first-order valence-corrected chi connectivity index (χ1v) is 7.50. The number of likely N-dealkylation sites (N-methyl/N-ethyl adjacent to an activating group) is 1. The van der Waals surface area contributed by atoms with Crippen molar-refractivity contribution in [3.63, 3.8) is 0 Å². The highest BCUT2D eigenvalue weighted by atomic mass is 14.9. The molecule has 1 fully saturated rings. The van der Waals surface area contributed by atoms with Crippen molar-refractivity contribution in [1.82, 2.24) is 15.3 Å². The number of benzene rings is 1. The summed E-state index contributed by atoms with van der Waals surface area (Å²) in [4.78, 5) is 8.34. The molecule has 3 nitrogen and oxygen atoms in total. The van der Waals surface area contributed by atoms with Gasteiger partial charge in [-0.15, -0.1) is 0 Å². The molecule has 0 amide bonds. The van der Waals surface area contributed by atoms with Crippen LogP contribution in [0.1, 0.15) is 49.4 Å². The van der Waals surface area contributed by atoms with Crippen molar-refractivity contribution in [2.45, 2.75) is 44.4 Å². The number of nitrogens with zero attached hydrogens (tertiary/aromatic N) is 1. The van der Waals surface area contributed by atoms with Crippen LogP contribution in [0.2, 0.25) is 0 Å². The van der Waals surface area contributed by atoms with Gasteiger partial charge in [0.25, 0.3) is 0 Å². The van der Waals surface area contributed by atoms with E-state index < -0.39 is 0 Å². The van der Waals surface area contributed by atoms with Gasteiger partial charge in [-0.2, -0.15) is 0 Å². The van der Waals surface area contributed by atoms with Crippen molar-refractivity contribution < 1.29 is 0 Å². The number of aromatic nitrogens is 2. The summed E-state index contributed by atoms with van der Waals surface area (Å²) in [5.74, 6) is 1.86. The number of fused-ring (bicyclic) bond motifs is 1. The lowest BCUT2D eigenvalue weighted by Crippen LogP contribution is -2.10. The third kappa shape index (κ3) is 2.81. The highest BCUT2D eigenvalue weighted by Crippen LogP contribution is 2.32. The summed E-state index contributed by atoms with van der Waals surface area (Å²) in [7, 11) is 2.00. The predicted molar refractivity (Wildman–Crippen MR) is 79.6 cm³/mol. The van der Waals surface area contributed by atoms with Crippen molar-refractivity contribution in [1.29, 1.82) is 0 Å². The summed E-state index contributed by atoms with van der Waals surface area (Å²) in [5, 5.41) is 3.20. The minimum absolute atomic E-state index is 0.655. The quantitative estimate of drug-likeness (QED) is 0.881. The molecule has 102 valence electrons. The van der Waals surface area contributed by atoms with E-state index in [4.69, 9.17) is 4.98 Å². The molecular formula is C16H23N3. The van der Waals surface area contributed by atoms with Gasteiger partial charge in [0, 0.05) is 5.92 Å². The smallest absolute Gasteiger partial charge is 0.110 e. The highest BCUT2D eigenvalue weighted by Gasteiger charge is 2.18. The van der Waals surface area contributed by atoms with Crippen LogP contribution in [0.5, 0.6) is 0 Å². The Morgan fingerprint density at radius 1 is 1.26 bits per heavy atom. The number of H-pyrrole nitrogens is 1. The lowest BCUT2D eigenvalue weighted by atomic mass is 9.89. The zero-order chi connectivity index (χ0) is 13.1. The number of hydrogen-bond donors (Lipinski definition) is 2. The standard InChI is InChI=1S/C16H23N3/c1-17-10-9-12-7-8-14-15(11-12)19-16(18-14)13-5-3-2-4-6-13/h7-8,11,13,17H,2-6,9-10H2,1H3,(H,18,19). The van der Waals surface area contributed by atoms with E-state index in [2.05, 4.69) is 28.5 Å². The maximum absolute atomic E-state index is 4.79. The van der Waals surface area contributed by atoms with Gasteiger partial charge in [0.05, 0.1) is 11.0 Å². The first kappa shape index (κ1) is 12.7. The number of nitrogens with one attached hydrogen (secondary N) is 2. The molecule has 0 radical (unpaired) electrons. The maximum atomic E-state index is 4.79. The first-order valence-electron chi connectivity index (χ1n) is 7.50. The molecule has 2 aromatic rings. The molecule has 19 heavy (non-hydrogen) atoms. The summed E-state index contributed by atoms with van der Waals surface area (Å²) in [6.45, 7) is 1.02. The summed E-state index contributed by atoms with van der Waals surface area (Å²) >= 11 is 0. The molecule has 1 saturated carbocycles. The molecule has 1 aromatic carbocycles. The van der Waals surface area contributed by atoms with Gasteiger partial charge < -0.3 is 10.3 Å². The molecule has 0 unspecified atom stereocenters. The number of hydrogen-bond acceptors (Lipinski definition) is 2. The zero-order valence-corrected chi connectivity index (χ0v) is 11.7. The second-order valence-corrected chi connectivity index (χ2v) is 5.66. The lowest BCUT2D eigenvalue weighted by molar-refractivity contribution is 0.431. The Labute approximate surface area is 114 Å². The van der Waals surface area contributed by atoms with E-state index in [-0.39, 0.29) is 0 Å². The average molecular weight is 257 g/mol. The predicted octanol–water partition coefficient (Wildman–Crippen LogP) is 3.37. The zero-order valence-electron chi connectivity index (χ0n) is 11.7. The van der Waals surface area contributed by atoms with Crippen LogP contribution < -0.4 is 5.32 Å². The van der Waals surface area contributed by atoms with Crippen LogP contribution in [0.3, 0.4) is 0 Å². The molecule has 1 aliphatic carbocycles. The van der Waals surface area contributed by atoms with Crippen LogP contribution in [0.4, 0.5) is 0 Å². The van der Waals surface area contributed by atoms with E-state index in [1.54, 1.807) is 0 Å². The Hall–Kier alpha value is -1.35. The Kier molecular flexibility index (Phi) is 3.83. The van der Waals surface area contributed by atoms with Crippen molar-refractivity contribution >= 4 is 11.0 Å². The van der Waals surface area contributed by atoms with E-state index >= 15 is 0 Å². The van der Waals surface area contributed by atoms with Gasteiger partial charge in [0.1, 0.15) is 5.82 Å². The molecule has 0 spiro atoms. The average Bonchev–Trinajstić information content (AvgIpc) is 2.89. The monoisotopic (exact) mass is 257 g/mol. The maximum Gasteiger partial charge on any atom is 0.110 e. The third-order valence-electron chi connectivity index (χ3n) is 4.22. The van der Waals surface area contributed by atoms with Crippen LogP contribution in [0.15, 0.2) is 18.2 Å². The molecule has 0 saturated heterocycles. The van der Waals surface area contributed by atoms with Crippen molar-refractivity contribution in [2.24, 2.45) is 0 Å². The third-order valence-corrected chi connectivity index (χ3v) is 4.22. The normalized spacial score (nSPS) is 17.1. The fraction of sp³-hybridized carbons (Fsp3) is 0.562. The topological polar surface area (TPSA) is 40.7 Å². The molecule has 3 rings (SSSR count). The van der Waals surface area contributed by atoms with Gasteiger partial charge in [0.2, 0.25) is 0 Å². The molecule has 0 bridgehead atoms. The van der Waals surface area contributed by atoms with E-state index in [9.17, 15) is 0 Å². The van der Waals surface area contributed by atoms with E-state index in [0.717, 1.165) is 18.5 Å². The second-order valence-electron chi connectivity index (χ2n) is 5.66. The van der Waals surface area contributed by atoms with Gasteiger partial charge in [-0.25, -0.2) is 4.98 Å². The molecular weight excluding hydrogens is 234 g/mol. The Bertz CT molecular complexity index is 538. The van der Waals surface area contributed by atoms with Crippen molar-refractivity contribution in [2.75, 3.05) is 13.6 Å². The molecule has 0 aliphatic heterocycles. The lowest BCUT2D eigenvalue weighted by Gasteiger charge is -2.18. The van der Waals surface area contributed by atoms with Gasteiger partial charge in [-0.05, 0) is 50.6 Å². The van der Waals surface area contributed by atoms with Crippen LogP contribution in [0, 0.1) is 0 Å². The van der Waals surface area contributed by atoms with Gasteiger partial charge >= 0.3 is 0 Å². The van der Waals surface area contributed by atoms with Crippen LogP contribution >= 0.6 is 0 Å². The summed E-state index contributed by atoms with van der Waals surface area (Å²) in [5.41, 5.74) is 3.70. The molecule has 1 heterocycles. The van der Waals surface area contributed by atoms with Crippen LogP contribution in [-0.2, 0) is 6.42 Å². The minimum Gasteiger partial charge on any atom is -0.342 e. The summed E-state index contributed by atoms with van der Waals surface area (Å²) in [6, 6.07) is 6.61. The van der Waals surface area contributed by atoms with E-state index in [1.807, 2.05) is 7.05 Å². The van der Waals surface area contributed by atoms with Gasteiger partial charge in [-0.3, -0.25) is 0 Å². The van der Waals surface area contributed by atoms with Gasteiger partial charge in [0.15, 0.2) is 0 Å². The number of imidazole rings is 1. The molecule has 2 N–H and O–H groups in total. The van der Waals surface area contributed by atoms with Gasteiger partial charge in [-0.1, -0.05) is 25.3 Å². The van der Waals surface area contributed by atoms with Crippen molar-refractivity contribution in [3.8, 4) is 0 Å². The Balaban J connectivity index is 1.83. The molecule has 3 heteroatoms. The van der Waals surface area contributed by atoms with Crippen LogP contribution in [0.25, 0.3) is 11.0 Å². The Morgan fingerprint density at radius 3 is 2.89 bits per heavy atom. The first-order chi connectivity index (χ1) is 9.36. The number of aromatic amines is 1. The number of rotatable bonds is 4. The second kappa shape index (κ2) is 5.74. The highest BCUT2D eigenvalue weighted by molar-refractivity contribution is 5.76. The Morgan fingerprint density at radius 2 is 2.11 bits per heavy atom. The van der Waals surface area contributed by atoms with E-state index in [0.29, 0.717) is 5.92 Å². The molecule has 1 aromatic heterocycles. The SMILES string of the molecule is CNCCc1ccc2nc(C3CCCCC3)[nH]c2c1. The largest absolute Gasteiger partial charge is 0.342 e. The van der Waals surface area contributed by atoms with Crippen molar-refractivity contribution in [3.05, 3.63) is 29.6 Å². The van der Waals surface area contributed by atoms with Crippen LogP contribution in [-0.4, -0.2) is 23.6 Å².